The summed E-state index contributed by atoms with van der Waals surface area (Å²) in [7, 11) is 0. The first-order valence-electron chi connectivity index (χ1n) is 16.3. The van der Waals surface area contributed by atoms with Crippen LogP contribution in [0.2, 0.25) is 1.41 Å². The summed E-state index contributed by atoms with van der Waals surface area (Å²) in [6.07, 6.45) is 3.16. The van der Waals surface area contributed by atoms with Crippen molar-refractivity contribution in [3.8, 4) is 0 Å². The maximum atomic E-state index is 13.9. The van der Waals surface area contributed by atoms with E-state index in [-0.39, 0.29) is 38.2 Å². The van der Waals surface area contributed by atoms with Gasteiger partial charge in [0.25, 0.3) is 0 Å². The van der Waals surface area contributed by atoms with Gasteiger partial charge in [0.2, 0.25) is 17.7 Å². The fourth-order valence-electron chi connectivity index (χ4n) is 5.09. The Morgan fingerprint density at radius 3 is 2.20 bits per heavy atom. The second-order valence-electron chi connectivity index (χ2n) is 11.7. The van der Waals surface area contributed by atoms with Crippen molar-refractivity contribution < 1.29 is 30.4 Å². The number of imidazole rings is 1. The monoisotopic (exact) mass is 634 g/mol. The van der Waals surface area contributed by atoms with Gasteiger partial charge in [-0.3, -0.25) is 19.2 Å². The van der Waals surface area contributed by atoms with E-state index in [0.29, 0.717) is 30.3 Å². The molecular formula is C35H47N5O6. The fraction of sp³-hybridized carbons (Fsp3) is 0.457. The average molecular weight is 635 g/mol. The van der Waals surface area contributed by atoms with Gasteiger partial charge < -0.3 is 30.8 Å². The summed E-state index contributed by atoms with van der Waals surface area (Å²) in [4.78, 5) is 59.9. The summed E-state index contributed by atoms with van der Waals surface area (Å²) in [5.41, 5.74) is 2.39. The molecule has 0 spiro atoms. The molecule has 0 aliphatic rings. The number of aryl methyl sites for hydroxylation is 1. The molecule has 0 radical (unpaired) electrons. The summed E-state index contributed by atoms with van der Waals surface area (Å²) in [6, 6.07) is 15.6. The van der Waals surface area contributed by atoms with Crippen molar-refractivity contribution in [1.29, 1.82) is 0 Å². The Hall–Kier alpha value is -4.51. The number of aromatic nitrogens is 2. The summed E-state index contributed by atoms with van der Waals surface area (Å²) in [5, 5.41) is 17.2. The third-order valence-electron chi connectivity index (χ3n) is 7.38. The number of aliphatic hydroxyl groups excluding tert-OH is 1. The summed E-state index contributed by atoms with van der Waals surface area (Å²) in [5.74, 6) is -2.29. The number of nitrogens with one attached hydrogen (secondary N) is 4. The first kappa shape index (κ1) is 34.4. The molecule has 248 valence electrons. The summed E-state index contributed by atoms with van der Waals surface area (Å²) in [6.45, 7) is 5.68. The van der Waals surface area contributed by atoms with Crippen LogP contribution < -0.4 is 15.9 Å². The highest BCUT2D eigenvalue weighted by Crippen LogP contribution is 2.13. The van der Waals surface area contributed by atoms with Crippen LogP contribution in [0.25, 0.3) is 0 Å². The third kappa shape index (κ3) is 12.8. The number of hydrogen-bond donors (Lipinski definition) is 5. The molecule has 0 fully saturated rings. The second kappa shape index (κ2) is 19.1. The number of esters is 1. The van der Waals surface area contributed by atoms with Crippen molar-refractivity contribution in [2.75, 3.05) is 6.61 Å². The van der Waals surface area contributed by atoms with E-state index in [0.717, 1.165) is 11.1 Å². The van der Waals surface area contributed by atoms with Crippen LogP contribution in [0.1, 0.15) is 63.3 Å². The highest BCUT2D eigenvalue weighted by Gasteiger charge is 2.31. The number of hydrogen-bond acceptors (Lipinski definition) is 7. The second-order valence-corrected chi connectivity index (χ2v) is 11.7. The molecule has 0 saturated carbocycles. The summed E-state index contributed by atoms with van der Waals surface area (Å²) >= 11 is 0. The molecule has 0 aliphatic carbocycles. The van der Waals surface area contributed by atoms with Crippen LogP contribution in [0.4, 0.5) is 0 Å². The van der Waals surface area contributed by atoms with Gasteiger partial charge in [0.05, 0.1) is 31.5 Å². The van der Waals surface area contributed by atoms with Crippen LogP contribution in [-0.2, 0) is 43.2 Å². The van der Waals surface area contributed by atoms with Gasteiger partial charge in [-0.2, -0.15) is 0 Å². The Labute approximate surface area is 272 Å². The Balaban J connectivity index is 1.80. The van der Waals surface area contributed by atoms with Gasteiger partial charge in [-0.05, 0) is 43.2 Å². The molecule has 2 aromatic carbocycles. The maximum Gasteiger partial charge on any atom is 0.308 e. The van der Waals surface area contributed by atoms with Crippen molar-refractivity contribution in [3.05, 3.63) is 90.0 Å². The normalized spacial score (nSPS) is 14.0. The van der Waals surface area contributed by atoms with E-state index in [4.69, 9.17) is 6.15 Å². The molecule has 46 heavy (non-hydrogen) atoms. The zero-order valence-corrected chi connectivity index (χ0v) is 26.9. The van der Waals surface area contributed by atoms with E-state index in [1.807, 2.05) is 74.5 Å². The molecule has 4 atom stereocenters. The van der Waals surface area contributed by atoms with E-state index < -0.39 is 47.9 Å². The molecular weight excluding hydrogens is 586 g/mol. The largest absolute Gasteiger partial charge is 0.466 e. The molecule has 3 rings (SSSR count). The lowest BCUT2D eigenvalue weighted by molar-refractivity contribution is -0.146. The fourth-order valence-corrected chi connectivity index (χ4v) is 5.09. The molecule has 0 aliphatic heterocycles. The van der Waals surface area contributed by atoms with E-state index >= 15 is 0 Å². The lowest BCUT2D eigenvalue weighted by Gasteiger charge is -2.28. The van der Waals surface area contributed by atoms with Gasteiger partial charge in [0.1, 0.15) is 12.1 Å². The SMILES string of the molecule is [2H]N(C(=O)CCCc1ccccc1)[C@@H](Cc1ccccc1)C(=O)N[C@@H](Cc1cnc[nH]1)C(=O)N[C@@H](CC(C)C)[C@@H](O)CC(=O)OCC. The average Bonchev–Trinajstić information content (AvgIpc) is 3.56. The summed E-state index contributed by atoms with van der Waals surface area (Å²) < 4.78 is 13.7. The zero-order chi connectivity index (χ0) is 34.2. The Morgan fingerprint density at radius 1 is 0.935 bits per heavy atom. The quantitative estimate of drug-likeness (QED) is 0.127. The number of nitrogens with zero attached hydrogens (tertiary/aromatic N) is 1. The van der Waals surface area contributed by atoms with Crippen molar-refractivity contribution >= 4 is 23.7 Å². The number of ether oxygens (including phenoxy) is 1. The van der Waals surface area contributed by atoms with E-state index in [1.165, 1.54) is 12.5 Å². The van der Waals surface area contributed by atoms with Crippen molar-refractivity contribution in [3.63, 3.8) is 0 Å². The van der Waals surface area contributed by atoms with Gasteiger partial charge >= 0.3 is 5.97 Å². The molecule has 0 unspecified atom stereocenters. The van der Waals surface area contributed by atoms with Gasteiger partial charge in [-0.25, -0.2) is 4.98 Å². The van der Waals surface area contributed by atoms with Crippen LogP contribution >= 0.6 is 0 Å². The molecule has 5 N–H and O–H groups in total. The number of carbonyl (C=O) groups is 4. The Morgan fingerprint density at radius 2 is 1.59 bits per heavy atom. The smallest absolute Gasteiger partial charge is 0.308 e. The number of aromatic amines is 1. The first-order chi connectivity index (χ1) is 22.6. The number of H-pyrrole nitrogens is 1. The Kier molecular flexibility index (Phi) is 14.3. The van der Waals surface area contributed by atoms with Crippen molar-refractivity contribution in [2.24, 2.45) is 5.92 Å². The predicted octanol–water partition coefficient (Wildman–Crippen LogP) is 3.03. The highest BCUT2D eigenvalue weighted by atomic mass is 16.5. The molecule has 3 amide bonds. The Bertz CT molecular complexity index is 1390. The standard InChI is InChI=1S/C35H47N5O6/c1-4-46-33(43)21-31(41)28(18-24(2)3)39-35(45)30(20-27-22-36-23-37-27)40-34(44)29(19-26-14-9-6-10-15-26)38-32(42)17-11-16-25-12-7-5-8-13-25/h5-10,12-15,22-24,28-31,41H,4,11,16-21H2,1-3H3,(H,36,37)(H,38,42)(H,39,45)(H,40,44)/t28-,29-,30-,31-/m0/s1/i/hD. The van der Waals surface area contributed by atoms with Crippen molar-refractivity contribution in [1.82, 2.24) is 25.9 Å². The highest BCUT2D eigenvalue weighted by molar-refractivity contribution is 5.92. The first-order valence-corrected chi connectivity index (χ1v) is 15.9. The minimum Gasteiger partial charge on any atom is -0.466 e. The molecule has 1 heterocycles. The van der Waals surface area contributed by atoms with Crippen LogP contribution in [0.5, 0.6) is 0 Å². The zero-order valence-electron chi connectivity index (χ0n) is 27.9. The molecule has 3 aromatic rings. The van der Waals surface area contributed by atoms with Crippen LogP contribution in [0, 0.1) is 5.92 Å². The van der Waals surface area contributed by atoms with Crippen molar-refractivity contribution in [2.45, 2.75) is 89.9 Å². The van der Waals surface area contributed by atoms with Crippen LogP contribution in [-0.4, -0.2) is 69.6 Å². The van der Waals surface area contributed by atoms with Gasteiger partial charge in [0, 0.05) is 31.2 Å². The molecule has 11 nitrogen and oxygen atoms in total. The predicted molar refractivity (Wildman–Crippen MR) is 174 cm³/mol. The molecule has 1 aromatic heterocycles. The number of benzene rings is 2. The molecule has 11 heteroatoms. The maximum absolute atomic E-state index is 13.9. The van der Waals surface area contributed by atoms with Gasteiger partial charge in [-0.15, -0.1) is 0 Å². The number of amides is 3. The number of carbonyl (C=O) groups excluding carboxylic acids is 4. The van der Waals surface area contributed by atoms with E-state index in [9.17, 15) is 24.3 Å². The lowest BCUT2D eigenvalue weighted by atomic mass is 9.96. The lowest BCUT2D eigenvalue weighted by Crippen LogP contribution is -2.57. The van der Waals surface area contributed by atoms with Crippen LogP contribution in [0.15, 0.2) is 73.2 Å². The minimum absolute atomic E-state index is 0.0288. The van der Waals surface area contributed by atoms with Gasteiger partial charge in [-0.1, -0.05) is 74.5 Å². The molecule has 0 bridgehead atoms. The topological polar surface area (TPSA) is 163 Å². The van der Waals surface area contributed by atoms with E-state index in [1.54, 1.807) is 6.92 Å². The van der Waals surface area contributed by atoms with E-state index in [2.05, 4.69) is 20.6 Å². The number of rotatable bonds is 19. The number of aliphatic hydroxyl groups is 1. The third-order valence-corrected chi connectivity index (χ3v) is 7.38. The van der Waals surface area contributed by atoms with Crippen LogP contribution in [0.3, 0.4) is 0 Å². The molecule has 0 saturated heterocycles. The van der Waals surface area contributed by atoms with Gasteiger partial charge in [0.15, 0.2) is 1.41 Å². The minimum atomic E-state index is -1.22.